The van der Waals surface area contributed by atoms with Gasteiger partial charge in [-0.05, 0) is 32.3 Å². The Morgan fingerprint density at radius 2 is 2.24 bits per heavy atom. The number of benzene rings is 1. The third-order valence-electron chi connectivity index (χ3n) is 4.51. The van der Waals surface area contributed by atoms with E-state index >= 15 is 0 Å². The highest BCUT2D eigenvalue weighted by Gasteiger charge is 2.26. The molecule has 0 aliphatic carbocycles. The first-order chi connectivity index (χ1) is 12.1. The molecule has 0 fully saturated rings. The van der Waals surface area contributed by atoms with Crippen LogP contribution in [0.4, 0.5) is 4.79 Å². The maximum Gasteiger partial charge on any atom is 0.315 e. The lowest BCUT2D eigenvalue weighted by molar-refractivity contribution is 0.228. The van der Waals surface area contributed by atoms with Crippen LogP contribution in [0.25, 0.3) is 0 Å². The fourth-order valence-corrected chi connectivity index (χ4v) is 3.32. The van der Waals surface area contributed by atoms with Crippen molar-refractivity contribution in [1.29, 1.82) is 0 Å². The van der Waals surface area contributed by atoms with Crippen molar-refractivity contribution in [2.75, 3.05) is 7.11 Å². The van der Waals surface area contributed by atoms with Gasteiger partial charge in [0.05, 0.1) is 19.2 Å². The molecule has 2 N–H and O–H groups in total. The minimum Gasteiger partial charge on any atom is -0.496 e. The van der Waals surface area contributed by atoms with Crippen molar-refractivity contribution in [2.45, 2.75) is 51.7 Å². The number of fused-ring (bicyclic) bond motifs is 1. The molecule has 0 spiro atoms. The predicted molar refractivity (Wildman–Crippen MR) is 94.4 cm³/mol. The zero-order valence-electron chi connectivity index (χ0n) is 15.0. The molecular formula is C18H25N5O2. The van der Waals surface area contributed by atoms with Crippen LogP contribution in [0.15, 0.2) is 24.3 Å². The van der Waals surface area contributed by atoms with Gasteiger partial charge in [0.15, 0.2) is 0 Å². The zero-order chi connectivity index (χ0) is 17.8. The lowest BCUT2D eigenvalue weighted by Gasteiger charge is -2.25. The molecule has 0 saturated carbocycles. The van der Waals surface area contributed by atoms with Gasteiger partial charge in [-0.3, -0.25) is 0 Å². The second-order valence-electron chi connectivity index (χ2n) is 6.26. The van der Waals surface area contributed by atoms with Gasteiger partial charge >= 0.3 is 6.03 Å². The van der Waals surface area contributed by atoms with Crippen molar-refractivity contribution in [1.82, 2.24) is 25.4 Å². The molecule has 1 aliphatic heterocycles. The Balaban J connectivity index is 1.69. The molecular weight excluding hydrogens is 318 g/mol. The normalized spacial score (nSPS) is 17.5. The molecule has 0 unspecified atom stereocenters. The summed E-state index contributed by atoms with van der Waals surface area (Å²) < 4.78 is 7.31. The van der Waals surface area contributed by atoms with Crippen LogP contribution in [-0.2, 0) is 6.54 Å². The Morgan fingerprint density at radius 3 is 3.00 bits per heavy atom. The highest BCUT2D eigenvalue weighted by atomic mass is 16.5. The van der Waals surface area contributed by atoms with Crippen LogP contribution in [-0.4, -0.2) is 27.9 Å². The number of rotatable bonds is 5. The van der Waals surface area contributed by atoms with E-state index in [1.165, 1.54) is 0 Å². The van der Waals surface area contributed by atoms with Crippen molar-refractivity contribution in [2.24, 2.45) is 0 Å². The number of hydrogen-bond donors (Lipinski definition) is 2. The number of ether oxygens (including phenoxy) is 1. The summed E-state index contributed by atoms with van der Waals surface area (Å²) in [5.41, 5.74) is 0.977. The van der Waals surface area contributed by atoms with Gasteiger partial charge in [0, 0.05) is 12.1 Å². The summed E-state index contributed by atoms with van der Waals surface area (Å²) in [5.74, 6) is 2.36. The molecule has 1 aromatic heterocycles. The zero-order valence-corrected chi connectivity index (χ0v) is 15.0. The first kappa shape index (κ1) is 17.3. The molecule has 7 heteroatoms. The second-order valence-corrected chi connectivity index (χ2v) is 6.26. The van der Waals surface area contributed by atoms with Crippen molar-refractivity contribution in [3.63, 3.8) is 0 Å². The lowest BCUT2D eigenvalue weighted by Crippen LogP contribution is -2.41. The monoisotopic (exact) mass is 343 g/mol. The van der Waals surface area contributed by atoms with E-state index in [2.05, 4.69) is 20.7 Å². The third-order valence-corrected chi connectivity index (χ3v) is 4.51. The molecule has 0 saturated heterocycles. The number of urea groups is 1. The van der Waals surface area contributed by atoms with E-state index < -0.39 is 0 Å². The summed E-state index contributed by atoms with van der Waals surface area (Å²) >= 11 is 0. The first-order valence-electron chi connectivity index (χ1n) is 8.73. The molecule has 1 aromatic carbocycles. The van der Waals surface area contributed by atoms with E-state index in [0.717, 1.165) is 48.8 Å². The van der Waals surface area contributed by atoms with Crippen LogP contribution >= 0.6 is 0 Å². The smallest absolute Gasteiger partial charge is 0.315 e. The number of para-hydroxylation sites is 1. The minimum atomic E-state index is -0.197. The van der Waals surface area contributed by atoms with Crippen LogP contribution in [0.2, 0.25) is 0 Å². The summed E-state index contributed by atoms with van der Waals surface area (Å²) in [6.45, 7) is 4.77. The van der Waals surface area contributed by atoms with Crippen LogP contribution in [0, 0.1) is 6.92 Å². The Morgan fingerprint density at radius 1 is 1.44 bits per heavy atom. The Bertz CT molecular complexity index is 743. The van der Waals surface area contributed by atoms with Crippen LogP contribution in [0.3, 0.4) is 0 Å². The third kappa shape index (κ3) is 3.75. The van der Waals surface area contributed by atoms with E-state index in [0.29, 0.717) is 0 Å². The van der Waals surface area contributed by atoms with Crippen molar-refractivity contribution >= 4 is 6.03 Å². The molecule has 2 atom stereocenters. The number of carbonyl (C=O) groups excluding carboxylic acids is 1. The summed E-state index contributed by atoms with van der Waals surface area (Å²) in [6, 6.07) is 7.35. The Labute approximate surface area is 147 Å². The van der Waals surface area contributed by atoms with Gasteiger partial charge in [0.1, 0.15) is 17.4 Å². The van der Waals surface area contributed by atoms with Crippen molar-refractivity contribution in [3.05, 3.63) is 41.5 Å². The molecule has 134 valence electrons. The summed E-state index contributed by atoms with van der Waals surface area (Å²) in [5, 5.41) is 10.5. The standard InChI is InChI=1S/C18H25N5O2/c1-4-14(13-8-5-6-10-16(13)25-3)20-18(24)21-15-9-7-11-23-17(15)19-12(2)22-23/h5-6,8,10,14-15H,4,7,9,11H2,1-3H3,(H2,20,21,24)/t14-,15+/m1/s1. The molecule has 2 heterocycles. The summed E-state index contributed by atoms with van der Waals surface area (Å²) in [4.78, 5) is 17.0. The van der Waals surface area contributed by atoms with E-state index in [-0.39, 0.29) is 18.1 Å². The lowest BCUT2D eigenvalue weighted by atomic mass is 10.0. The van der Waals surface area contributed by atoms with Gasteiger partial charge < -0.3 is 15.4 Å². The van der Waals surface area contributed by atoms with Crippen molar-refractivity contribution < 1.29 is 9.53 Å². The highest BCUT2D eigenvalue weighted by molar-refractivity contribution is 5.75. The van der Waals surface area contributed by atoms with E-state index in [1.54, 1.807) is 7.11 Å². The van der Waals surface area contributed by atoms with Gasteiger partial charge in [-0.25, -0.2) is 14.5 Å². The molecule has 2 aromatic rings. The summed E-state index contributed by atoms with van der Waals surface area (Å²) in [7, 11) is 1.64. The first-order valence-corrected chi connectivity index (χ1v) is 8.73. The number of nitrogens with zero attached hydrogens (tertiary/aromatic N) is 3. The highest BCUT2D eigenvalue weighted by Crippen LogP contribution is 2.27. The number of aryl methyl sites for hydroxylation is 2. The molecule has 0 radical (unpaired) electrons. The number of aromatic nitrogens is 3. The largest absolute Gasteiger partial charge is 0.496 e. The molecule has 25 heavy (non-hydrogen) atoms. The average molecular weight is 343 g/mol. The van der Waals surface area contributed by atoms with Gasteiger partial charge in [-0.15, -0.1) is 0 Å². The van der Waals surface area contributed by atoms with Crippen LogP contribution in [0.1, 0.15) is 55.5 Å². The number of methoxy groups -OCH3 is 1. The molecule has 7 nitrogen and oxygen atoms in total. The molecule has 0 bridgehead atoms. The van der Waals surface area contributed by atoms with Gasteiger partial charge in [-0.2, -0.15) is 5.10 Å². The number of amides is 2. The average Bonchev–Trinajstić information content (AvgIpc) is 3.01. The quantitative estimate of drug-likeness (QED) is 0.875. The number of carbonyl (C=O) groups is 1. The maximum atomic E-state index is 12.5. The van der Waals surface area contributed by atoms with E-state index in [1.807, 2.05) is 42.8 Å². The van der Waals surface area contributed by atoms with Gasteiger partial charge in [-0.1, -0.05) is 25.1 Å². The summed E-state index contributed by atoms with van der Waals surface area (Å²) in [6.07, 6.45) is 2.62. The molecule has 2 amide bonds. The predicted octanol–water partition coefficient (Wildman–Crippen LogP) is 2.88. The molecule has 1 aliphatic rings. The number of hydrogen-bond acceptors (Lipinski definition) is 4. The topological polar surface area (TPSA) is 81.1 Å². The fourth-order valence-electron chi connectivity index (χ4n) is 3.32. The van der Waals surface area contributed by atoms with E-state index in [9.17, 15) is 4.79 Å². The maximum absolute atomic E-state index is 12.5. The van der Waals surface area contributed by atoms with Crippen LogP contribution in [0.5, 0.6) is 5.75 Å². The Hall–Kier alpha value is -2.57. The second kappa shape index (κ2) is 7.55. The molecule has 3 rings (SSSR count). The van der Waals surface area contributed by atoms with E-state index in [4.69, 9.17) is 4.74 Å². The van der Waals surface area contributed by atoms with Crippen molar-refractivity contribution in [3.8, 4) is 5.75 Å². The minimum absolute atomic E-state index is 0.106. The Kier molecular flexibility index (Phi) is 5.21. The fraction of sp³-hybridized carbons (Fsp3) is 0.500. The van der Waals surface area contributed by atoms with Gasteiger partial charge in [0.25, 0.3) is 0 Å². The SMILES string of the molecule is CC[C@@H](NC(=O)N[C@H]1CCCn2nc(C)nc21)c1ccccc1OC. The number of nitrogens with one attached hydrogen (secondary N) is 2. The van der Waals surface area contributed by atoms with Gasteiger partial charge in [0.2, 0.25) is 0 Å². The van der Waals surface area contributed by atoms with Crippen LogP contribution < -0.4 is 15.4 Å².